The molecule has 3 heterocycles. The number of amides is 2. The van der Waals surface area contributed by atoms with Crippen molar-refractivity contribution in [1.82, 2.24) is 9.88 Å². The van der Waals surface area contributed by atoms with Crippen molar-refractivity contribution < 1.29 is 19.1 Å². The average Bonchev–Trinajstić information content (AvgIpc) is 3.29. The normalized spacial score (nSPS) is 19.4. The molecule has 1 saturated heterocycles. The monoisotopic (exact) mass is 405 g/mol. The fourth-order valence-corrected chi connectivity index (χ4v) is 4.60. The largest absolute Gasteiger partial charge is 0.497 e. The molecule has 2 aromatic carbocycles. The Hall–Kier alpha value is -3.32. The van der Waals surface area contributed by atoms with Gasteiger partial charge in [-0.15, -0.1) is 0 Å². The van der Waals surface area contributed by atoms with Crippen LogP contribution in [0.2, 0.25) is 0 Å². The van der Waals surface area contributed by atoms with E-state index in [0.29, 0.717) is 23.7 Å². The molecule has 2 aliphatic heterocycles. The highest BCUT2D eigenvalue weighted by Crippen LogP contribution is 2.37. The van der Waals surface area contributed by atoms with Gasteiger partial charge in [-0.05, 0) is 30.2 Å². The molecule has 3 aromatic rings. The number of fused-ring (bicyclic) bond motifs is 3. The fraction of sp³-hybridized carbons (Fsp3) is 0.304. The molecule has 0 bridgehead atoms. The van der Waals surface area contributed by atoms with Crippen LogP contribution in [-0.2, 0) is 22.6 Å². The van der Waals surface area contributed by atoms with Crippen LogP contribution >= 0.6 is 0 Å². The molecular formula is C23H23N3O4. The zero-order chi connectivity index (χ0) is 20.8. The van der Waals surface area contributed by atoms with Crippen LogP contribution in [0.4, 0.5) is 5.69 Å². The lowest BCUT2D eigenvalue weighted by atomic mass is 10.0. The molecule has 30 heavy (non-hydrogen) atoms. The second-order valence-electron chi connectivity index (χ2n) is 7.67. The molecule has 154 valence electrons. The number of imide groups is 1. The molecule has 0 spiro atoms. The van der Waals surface area contributed by atoms with E-state index in [1.165, 1.54) is 23.0 Å². The minimum Gasteiger partial charge on any atom is -0.497 e. The summed E-state index contributed by atoms with van der Waals surface area (Å²) in [4.78, 5) is 33.0. The third-order valence-electron chi connectivity index (χ3n) is 6.10. The van der Waals surface area contributed by atoms with Crippen LogP contribution in [0.25, 0.3) is 10.9 Å². The summed E-state index contributed by atoms with van der Waals surface area (Å²) in [7, 11) is 3.08. The van der Waals surface area contributed by atoms with Crippen molar-refractivity contribution in [2.45, 2.75) is 25.4 Å². The van der Waals surface area contributed by atoms with Crippen molar-refractivity contribution in [1.29, 1.82) is 0 Å². The van der Waals surface area contributed by atoms with E-state index in [2.05, 4.69) is 22.0 Å². The van der Waals surface area contributed by atoms with Crippen molar-refractivity contribution >= 4 is 28.4 Å². The van der Waals surface area contributed by atoms with E-state index in [1.807, 2.05) is 12.1 Å². The van der Waals surface area contributed by atoms with Gasteiger partial charge in [0, 0.05) is 35.8 Å². The first-order chi connectivity index (χ1) is 14.6. The van der Waals surface area contributed by atoms with Crippen LogP contribution in [0.5, 0.6) is 11.5 Å². The molecule has 2 amide bonds. The molecule has 1 aromatic heterocycles. The van der Waals surface area contributed by atoms with Crippen molar-refractivity contribution in [3.63, 3.8) is 0 Å². The third-order valence-corrected chi connectivity index (χ3v) is 6.10. The van der Waals surface area contributed by atoms with Crippen molar-refractivity contribution in [3.05, 3.63) is 53.7 Å². The Morgan fingerprint density at radius 1 is 1.07 bits per heavy atom. The number of carbonyl (C=O) groups excluding carboxylic acids is 2. The van der Waals surface area contributed by atoms with Gasteiger partial charge < -0.3 is 14.5 Å². The first-order valence-corrected chi connectivity index (χ1v) is 10.0. The Bertz CT molecular complexity index is 1150. The van der Waals surface area contributed by atoms with Crippen LogP contribution in [0.15, 0.2) is 42.5 Å². The fourth-order valence-electron chi connectivity index (χ4n) is 4.60. The molecule has 0 saturated carbocycles. The van der Waals surface area contributed by atoms with Gasteiger partial charge in [-0.3, -0.25) is 14.5 Å². The predicted molar refractivity (Wildman–Crippen MR) is 113 cm³/mol. The molecular weight excluding hydrogens is 382 g/mol. The van der Waals surface area contributed by atoms with Crippen LogP contribution < -0.4 is 14.4 Å². The average molecular weight is 405 g/mol. The number of aromatic amines is 1. The summed E-state index contributed by atoms with van der Waals surface area (Å²) in [6.45, 7) is 1.37. The van der Waals surface area contributed by atoms with Gasteiger partial charge in [0.25, 0.3) is 5.91 Å². The van der Waals surface area contributed by atoms with Gasteiger partial charge in [0.2, 0.25) is 5.91 Å². The lowest BCUT2D eigenvalue weighted by Gasteiger charge is -2.31. The summed E-state index contributed by atoms with van der Waals surface area (Å²) >= 11 is 0. The van der Waals surface area contributed by atoms with Crippen LogP contribution in [0.1, 0.15) is 17.7 Å². The van der Waals surface area contributed by atoms with E-state index in [0.717, 1.165) is 24.2 Å². The molecule has 0 aliphatic carbocycles. The Labute approximate surface area is 174 Å². The number of para-hydroxylation sites is 1. The number of benzene rings is 2. The first-order valence-electron chi connectivity index (χ1n) is 10.0. The predicted octanol–water partition coefficient (Wildman–Crippen LogP) is 2.88. The maximum absolute atomic E-state index is 13.3. The third kappa shape index (κ3) is 2.85. The van der Waals surface area contributed by atoms with Crippen molar-refractivity contribution in [2.75, 3.05) is 25.7 Å². The number of ether oxygens (including phenoxy) is 2. The van der Waals surface area contributed by atoms with Crippen molar-refractivity contribution in [2.24, 2.45) is 0 Å². The van der Waals surface area contributed by atoms with Crippen LogP contribution in [-0.4, -0.2) is 48.5 Å². The number of anilines is 1. The summed E-state index contributed by atoms with van der Waals surface area (Å²) in [5.74, 6) is 0.626. The Morgan fingerprint density at radius 2 is 1.90 bits per heavy atom. The zero-order valence-corrected chi connectivity index (χ0v) is 17.0. The van der Waals surface area contributed by atoms with E-state index in [-0.39, 0.29) is 18.2 Å². The van der Waals surface area contributed by atoms with Gasteiger partial charge in [0.1, 0.15) is 11.5 Å². The maximum Gasteiger partial charge on any atom is 0.251 e. The van der Waals surface area contributed by atoms with E-state index < -0.39 is 6.04 Å². The maximum atomic E-state index is 13.3. The van der Waals surface area contributed by atoms with Gasteiger partial charge in [0.05, 0.1) is 32.4 Å². The summed E-state index contributed by atoms with van der Waals surface area (Å²) in [6.07, 6.45) is 1.02. The van der Waals surface area contributed by atoms with Gasteiger partial charge in [-0.2, -0.15) is 0 Å². The Kier molecular flexibility index (Phi) is 4.47. The zero-order valence-electron chi connectivity index (χ0n) is 17.0. The second kappa shape index (κ2) is 7.18. The molecule has 7 nitrogen and oxygen atoms in total. The molecule has 5 rings (SSSR count). The van der Waals surface area contributed by atoms with E-state index in [1.54, 1.807) is 25.3 Å². The van der Waals surface area contributed by atoms with E-state index >= 15 is 0 Å². The number of hydrogen-bond acceptors (Lipinski definition) is 5. The molecule has 1 atom stereocenters. The van der Waals surface area contributed by atoms with Crippen molar-refractivity contribution in [3.8, 4) is 11.5 Å². The number of methoxy groups -OCH3 is 2. The highest BCUT2D eigenvalue weighted by atomic mass is 16.5. The molecule has 0 radical (unpaired) electrons. The number of H-pyrrole nitrogens is 1. The second-order valence-corrected chi connectivity index (χ2v) is 7.67. The molecule has 1 unspecified atom stereocenters. The minimum absolute atomic E-state index is 0.170. The lowest BCUT2D eigenvalue weighted by molar-refractivity contribution is -0.123. The molecule has 2 aliphatic rings. The standard InChI is InChI=1S/C23H23N3O4/c1-29-14-7-8-19(21(11-14)30-2)26-22(27)12-20(23(26)28)25-10-9-16-15-5-3-4-6-17(15)24-18(16)13-25/h3-8,11,20,24H,9-10,12-13H2,1-2H3. The number of nitrogens with one attached hydrogen (secondary N) is 1. The number of nitrogens with zero attached hydrogens (tertiary/aromatic N) is 2. The van der Waals surface area contributed by atoms with Gasteiger partial charge in [-0.1, -0.05) is 18.2 Å². The highest BCUT2D eigenvalue weighted by Gasteiger charge is 2.44. The smallest absolute Gasteiger partial charge is 0.251 e. The van der Waals surface area contributed by atoms with Crippen LogP contribution in [0, 0.1) is 0 Å². The summed E-state index contributed by atoms with van der Waals surface area (Å²) in [5, 5.41) is 1.24. The topological polar surface area (TPSA) is 74.9 Å². The van der Waals surface area contributed by atoms with Gasteiger partial charge in [-0.25, -0.2) is 4.90 Å². The van der Waals surface area contributed by atoms with Gasteiger partial charge in [0.15, 0.2) is 0 Å². The van der Waals surface area contributed by atoms with Gasteiger partial charge >= 0.3 is 0 Å². The Morgan fingerprint density at radius 3 is 2.70 bits per heavy atom. The minimum atomic E-state index is -0.469. The van der Waals surface area contributed by atoms with E-state index in [4.69, 9.17) is 9.47 Å². The summed E-state index contributed by atoms with van der Waals surface area (Å²) in [5.41, 5.74) is 4.01. The molecule has 1 fully saturated rings. The van der Waals surface area contributed by atoms with E-state index in [9.17, 15) is 9.59 Å². The number of aromatic nitrogens is 1. The molecule has 1 N–H and O–H groups in total. The number of rotatable bonds is 4. The highest BCUT2D eigenvalue weighted by molar-refractivity contribution is 6.23. The number of hydrogen-bond donors (Lipinski definition) is 1. The summed E-state index contributed by atoms with van der Waals surface area (Å²) < 4.78 is 10.6. The number of carbonyl (C=O) groups is 2. The SMILES string of the molecule is COc1ccc(N2C(=O)CC(N3CCc4c([nH]c5ccccc45)C3)C2=O)c(OC)c1. The lowest BCUT2D eigenvalue weighted by Crippen LogP contribution is -2.44. The Balaban J connectivity index is 1.42. The first kappa shape index (κ1) is 18.7. The summed E-state index contributed by atoms with van der Waals surface area (Å²) in [6, 6.07) is 12.9. The van der Waals surface area contributed by atoms with Crippen LogP contribution in [0.3, 0.4) is 0 Å². The quantitative estimate of drug-likeness (QED) is 0.676. The molecule has 7 heteroatoms.